The number of ether oxygens (including phenoxy) is 1. The highest BCUT2D eigenvalue weighted by molar-refractivity contribution is 9.10. The molecule has 0 heterocycles. The molecule has 2 N–H and O–H groups in total. The molecule has 5 heteroatoms. The molecule has 1 aromatic carbocycles. The van der Waals surface area contributed by atoms with Gasteiger partial charge in [-0.3, -0.25) is 4.79 Å². The Kier molecular flexibility index (Phi) is 8.08. The van der Waals surface area contributed by atoms with Gasteiger partial charge in [-0.15, -0.1) is 6.58 Å². The van der Waals surface area contributed by atoms with Crippen LogP contribution in [0.4, 0.5) is 0 Å². The van der Waals surface area contributed by atoms with Crippen LogP contribution >= 0.6 is 15.9 Å². The molecule has 0 fully saturated rings. The van der Waals surface area contributed by atoms with Gasteiger partial charge in [0.05, 0.1) is 0 Å². The van der Waals surface area contributed by atoms with E-state index >= 15 is 0 Å². The third-order valence-electron chi connectivity index (χ3n) is 2.69. The smallest absolute Gasteiger partial charge is 0.258 e. The van der Waals surface area contributed by atoms with E-state index in [1.54, 1.807) is 6.08 Å². The van der Waals surface area contributed by atoms with E-state index in [1.807, 2.05) is 18.2 Å². The molecule has 1 aromatic rings. The van der Waals surface area contributed by atoms with E-state index in [4.69, 9.17) is 4.74 Å². The van der Waals surface area contributed by atoms with Crippen LogP contribution < -0.4 is 15.4 Å². The lowest BCUT2D eigenvalue weighted by molar-refractivity contribution is -0.122. The van der Waals surface area contributed by atoms with Crippen molar-refractivity contribution >= 4 is 21.8 Å². The number of carbonyl (C=O) groups excluding carboxylic acids is 1. The second-order valence-electron chi connectivity index (χ2n) is 5.16. The average Bonchev–Trinajstić information content (AvgIpc) is 2.43. The topological polar surface area (TPSA) is 50.4 Å². The molecule has 0 saturated heterocycles. The normalized spacial score (nSPS) is 10.5. The monoisotopic (exact) mass is 354 g/mol. The van der Waals surface area contributed by atoms with Gasteiger partial charge >= 0.3 is 0 Å². The van der Waals surface area contributed by atoms with E-state index < -0.39 is 0 Å². The molecule has 0 saturated carbocycles. The first kappa shape index (κ1) is 17.7. The molecule has 0 atom stereocenters. The van der Waals surface area contributed by atoms with Crippen LogP contribution in [0.3, 0.4) is 0 Å². The van der Waals surface area contributed by atoms with Crippen LogP contribution in [0.2, 0.25) is 0 Å². The predicted molar refractivity (Wildman–Crippen MR) is 89.4 cm³/mol. The predicted octanol–water partition coefficient (Wildman–Crippen LogP) is 2.88. The van der Waals surface area contributed by atoms with Gasteiger partial charge in [-0.25, -0.2) is 0 Å². The molecule has 0 unspecified atom stereocenters. The summed E-state index contributed by atoms with van der Waals surface area (Å²) in [6.07, 6.45) is 1.64. The maximum atomic E-state index is 11.5. The SMILES string of the molecule is C=CCNC(=O)COc1ccc(Br)cc1CNCC(C)C. The van der Waals surface area contributed by atoms with Crippen LogP contribution in [0.1, 0.15) is 19.4 Å². The fourth-order valence-corrected chi connectivity index (χ4v) is 2.11. The van der Waals surface area contributed by atoms with Crippen molar-refractivity contribution in [3.05, 3.63) is 40.9 Å². The van der Waals surface area contributed by atoms with Crippen molar-refractivity contribution in [2.24, 2.45) is 5.92 Å². The first-order valence-electron chi connectivity index (χ1n) is 7.02. The average molecular weight is 355 g/mol. The quantitative estimate of drug-likeness (QED) is 0.670. The summed E-state index contributed by atoms with van der Waals surface area (Å²) in [5.74, 6) is 1.16. The Morgan fingerprint density at radius 2 is 2.24 bits per heavy atom. The molecular weight excluding hydrogens is 332 g/mol. The van der Waals surface area contributed by atoms with Crippen LogP contribution in [0.15, 0.2) is 35.3 Å². The first-order chi connectivity index (χ1) is 10.0. The summed E-state index contributed by atoms with van der Waals surface area (Å²) in [6, 6.07) is 5.78. The number of hydrogen-bond donors (Lipinski definition) is 2. The Bertz CT molecular complexity index is 475. The molecule has 0 aliphatic heterocycles. The minimum atomic E-state index is -0.154. The first-order valence-corrected chi connectivity index (χ1v) is 7.81. The number of carbonyl (C=O) groups is 1. The zero-order valence-electron chi connectivity index (χ0n) is 12.6. The third kappa shape index (κ3) is 7.29. The van der Waals surface area contributed by atoms with Crippen LogP contribution in [0.5, 0.6) is 5.75 Å². The number of nitrogens with one attached hydrogen (secondary N) is 2. The minimum Gasteiger partial charge on any atom is -0.483 e. The van der Waals surface area contributed by atoms with Crippen molar-refractivity contribution in [1.29, 1.82) is 0 Å². The van der Waals surface area contributed by atoms with E-state index in [0.717, 1.165) is 22.3 Å². The number of benzene rings is 1. The van der Waals surface area contributed by atoms with Crippen LogP contribution in [0, 0.1) is 5.92 Å². The Hall–Kier alpha value is -1.33. The zero-order valence-corrected chi connectivity index (χ0v) is 14.2. The third-order valence-corrected chi connectivity index (χ3v) is 3.19. The highest BCUT2D eigenvalue weighted by atomic mass is 79.9. The maximum absolute atomic E-state index is 11.5. The van der Waals surface area contributed by atoms with Crippen molar-refractivity contribution in [2.45, 2.75) is 20.4 Å². The number of hydrogen-bond acceptors (Lipinski definition) is 3. The van der Waals surface area contributed by atoms with E-state index in [0.29, 0.717) is 19.0 Å². The van der Waals surface area contributed by atoms with Gasteiger partial charge in [0.15, 0.2) is 6.61 Å². The molecule has 0 aliphatic carbocycles. The molecule has 0 aliphatic rings. The van der Waals surface area contributed by atoms with Crippen LogP contribution in [0.25, 0.3) is 0 Å². The molecular formula is C16H23BrN2O2. The fourth-order valence-electron chi connectivity index (χ4n) is 1.70. The van der Waals surface area contributed by atoms with Crippen molar-refractivity contribution in [1.82, 2.24) is 10.6 Å². The maximum Gasteiger partial charge on any atom is 0.258 e. The second-order valence-corrected chi connectivity index (χ2v) is 6.07. The van der Waals surface area contributed by atoms with E-state index in [-0.39, 0.29) is 12.5 Å². The molecule has 1 rings (SSSR count). The van der Waals surface area contributed by atoms with Crippen molar-refractivity contribution in [2.75, 3.05) is 19.7 Å². The van der Waals surface area contributed by atoms with Gasteiger partial charge in [-0.05, 0) is 30.7 Å². The largest absolute Gasteiger partial charge is 0.483 e. The standard InChI is InChI=1S/C16H23BrN2O2/c1-4-7-19-16(20)11-21-15-6-5-14(17)8-13(15)10-18-9-12(2)3/h4-6,8,12,18H,1,7,9-11H2,2-3H3,(H,19,20). The summed E-state index contributed by atoms with van der Waals surface area (Å²) in [6.45, 7) is 9.98. The van der Waals surface area contributed by atoms with Crippen LogP contribution in [-0.2, 0) is 11.3 Å². The highest BCUT2D eigenvalue weighted by Crippen LogP contribution is 2.23. The van der Waals surface area contributed by atoms with E-state index in [9.17, 15) is 4.79 Å². The molecule has 1 amide bonds. The Morgan fingerprint density at radius 1 is 1.48 bits per heavy atom. The molecule has 116 valence electrons. The van der Waals surface area contributed by atoms with Gasteiger partial charge in [0.1, 0.15) is 5.75 Å². The molecule has 0 radical (unpaired) electrons. The summed E-state index contributed by atoms with van der Waals surface area (Å²) in [4.78, 5) is 11.5. The van der Waals surface area contributed by atoms with Gasteiger partial charge in [-0.2, -0.15) is 0 Å². The van der Waals surface area contributed by atoms with Crippen molar-refractivity contribution in [3.63, 3.8) is 0 Å². The van der Waals surface area contributed by atoms with Gasteiger partial charge in [0, 0.05) is 23.1 Å². The zero-order chi connectivity index (χ0) is 15.7. The Labute approximate surface area is 135 Å². The van der Waals surface area contributed by atoms with Gasteiger partial charge in [0.2, 0.25) is 0 Å². The number of halogens is 1. The summed E-state index contributed by atoms with van der Waals surface area (Å²) >= 11 is 3.46. The lowest BCUT2D eigenvalue weighted by Crippen LogP contribution is -2.29. The number of amides is 1. The van der Waals surface area contributed by atoms with Gasteiger partial charge < -0.3 is 15.4 Å². The van der Waals surface area contributed by atoms with E-state index in [1.165, 1.54) is 0 Å². The van der Waals surface area contributed by atoms with Gasteiger partial charge in [-0.1, -0.05) is 35.9 Å². The van der Waals surface area contributed by atoms with Crippen LogP contribution in [-0.4, -0.2) is 25.6 Å². The fraction of sp³-hybridized carbons (Fsp3) is 0.438. The summed E-state index contributed by atoms with van der Waals surface area (Å²) in [5.41, 5.74) is 1.03. The number of rotatable bonds is 9. The Morgan fingerprint density at radius 3 is 2.90 bits per heavy atom. The summed E-state index contributed by atoms with van der Waals surface area (Å²) in [5, 5.41) is 6.06. The van der Waals surface area contributed by atoms with Crippen molar-refractivity contribution in [3.8, 4) is 5.75 Å². The van der Waals surface area contributed by atoms with Gasteiger partial charge in [0.25, 0.3) is 5.91 Å². The summed E-state index contributed by atoms with van der Waals surface area (Å²) < 4.78 is 6.59. The van der Waals surface area contributed by atoms with Crippen molar-refractivity contribution < 1.29 is 9.53 Å². The lowest BCUT2D eigenvalue weighted by Gasteiger charge is -2.13. The second kappa shape index (κ2) is 9.58. The lowest BCUT2D eigenvalue weighted by atomic mass is 10.2. The molecule has 21 heavy (non-hydrogen) atoms. The molecule has 0 spiro atoms. The minimum absolute atomic E-state index is 0.00660. The Balaban J connectivity index is 2.59. The molecule has 0 aromatic heterocycles. The highest BCUT2D eigenvalue weighted by Gasteiger charge is 2.07. The molecule has 0 bridgehead atoms. The van der Waals surface area contributed by atoms with E-state index in [2.05, 4.69) is 47.0 Å². The molecule has 4 nitrogen and oxygen atoms in total. The summed E-state index contributed by atoms with van der Waals surface area (Å²) in [7, 11) is 0.